The predicted molar refractivity (Wildman–Crippen MR) is 99.7 cm³/mol. The number of imidazole rings is 1. The van der Waals surface area contributed by atoms with Gasteiger partial charge in [0, 0.05) is 43.5 Å². The van der Waals surface area contributed by atoms with Gasteiger partial charge in [0.15, 0.2) is 0 Å². The third-order valence-electron chi connectivity index (χ3n) is 4.93. The number of benzene rings is 1. The molecule has 5 heteroatoms. The number of likely N-dealkylation sites (tertiary alicyclic amines) is 1. The Balaban J connectivity index is 1.59. The van der Waals surface area contributed by atoms with Crippen LogP contribution in [0, 0.1) is 13.8 Å². The van der Waals surface area contributed by atoms with Crippen molar-refractivity contribution in [1.82, 2.24) is 19.8 Å². The molecular weight excluding hydrogens is 312 g/mol. The molecule has 1 saturated heterocycles. The summed E-state index contributed by atoms with van der Waals surface area (Å²) >= 11 is 0. The predicted octanol–water partition coefficient (Wildman–Crippen LogP) is 3.78. The Bertz CT molecular complexity index is 733. The Morgan fingerprint density at radius 3 is 2.68 bits per heavy atom. The maximum absolute atomic E-state index is 12.5. The van der Waals surface area contributed by atoms with Gasteiger partial charge in [0.2, 0.25) is 0 Å². The standard InChI is InChI=1S/C20H28N4O/c1-14(2)24-16(4)11-21-19(24)18-9-10-23(13-18)20(25)22-12-17-7-5-15(3)6-8-17/h5-8,11,14,18H,9-10,12-13H2,1-4H3,(H,22,25). The molecule has 1 aliphatic heterocycles. The zero-order valence-electron chi connectivity index (χ0n) is 15.6. The highest BCUT2D eigenvalue weighted by Gasteiger charge is 2.30. The van der Waals surface area contributed by atoms with E-state index in [-0.39, 0.29) is 6.03 Å². The maximum atomic E-state index is 12.5. The van der Waals surface area contributed by atoms with E-state index in [9.17, 15) is 4.79 Å². The van der Waals surface area contributed by atoms with Crippen LogP contribution in [0.5, 0.6) is 0 Å². The fourth-order valence-electron chi connectivity index (χ4n) is 3.59. The number of nitrogens with one attached hydrogen (secondary N) is 1. The van der Waals surface area contributed by atoms with Crippen molar-refractivity contribution in [2.24, 2.45) is 0 Å². The van der Waals surface area contributed by atoms with E-state index in [0.717, 1.165) is 30.9 Å². The first-order chi connectivity index (χ1) is 12.0. The van der Waals surface area contributed by atoms with E-state index >= 15 is 0 Å². The third-order valence-corrected chi connectivity index (χ3v) is 4.93. The number of carbonyl (C=O) groups is 1. The molecule has 1 aliphatic rings. The number of urea groups is 1. The molecule has 3 rings (SSSR count). The number of aryl methyl sites for hydroxylation is 2. The van der Waals surface area contributed by atoms with Gasteiger partial charge in [0.25, 0.3) is 0 Å². The van der Waals surface area contributed by atoms with Gasteiger partial charge in [0.05, 0.1) is 0 Å². The summed E-state index contributed by atoms with van der Waals surface area (Å²) in [7, 11) is 0. The van der Waals surface area contributed by atoms with Crippen LogP contribution in [0.4, 0.5) is 4.79 Å². The lowest BCUT2D eigenvalue weighted by molar-refractivity contribution is 0.207. The smallest absolute Gasteiger partial charge is 0.317 e. The summed E-state index contributed by atoms with van der Waals surface area (Å²) in [6, 6.07) is 8.67. The number of carbonyl (C=O) groups excluding carboxylic acids is 1. The van der Waals surface area contributed by atoms with E-state index in [0.29, 0.717) is 18.5 Å². The van der Waals surface area contributed by atoms with E-state index < -0.39 is 0 Å². The molecule has 1 N–H and O–H groups in total. The number of hydrogen-bond donors (Lipinski definition) is 1. The van der Waals surface area contributed by atoms with E-state index in [1.165, 1.54) is 11.3 Å². The number of amides is 2. The maximum Gasteiger partial charge on any atom is 0.317 e. The average Bonchev–Trinajstić information content (AvgIpc) is 3.20. The van der Waals surface area contributed by atoms with Crippen LogP contribution in [-0.2, 0) is 6.54 Å². The van der Waals surface area contributed by atoms with Crippen LogP contribution in [0.25, 0.3) is 0 Å². The molecule has 1 aromatic heterocycles. The minimum absolute atomic E-state index is 0.0162. The number of nitrogens with zero attached hydrogens (tertiary/aromatic N) is 3. The number of rotatable bonds is 4. The molecule has 134 valence electrons. The van der Waals surface area contributed by atoms with Crippen LogP contribution in [0.3, 0.4) is 0 Å². The Kier molecular flexibility index (Phi) is 5.11. The molecular formula is C20H28N4O. The zero-order valence-corrected chi connectivity index (χ0v) is 15.6. The van der Waals surface area contributed by atoms with Crippen LogP contribution in [0.15, 0.2) is 30.5 Å². The third kappa shape index (κ3) is 3.86. The van der Waals surface area contributed by atoms with Gasteiger partial charge < -0.3 is 14.8 Å². The van der Waals surface area contributed by atoms with Crippen molar-refractivity contribution in [3.63, 3.8) is 0 Å². The fraction of sp³-hybridized carbons (Fsp3) is 0.500. The largest absolute Gasteiger partial charge is 0.334 e. The molecule has 25 heavy (non-hydrogen) atoms. The molecule has 5 nitrogen and oxygen atoms in total. The topological polar surface area (TPSA) is 50.2 Å². The van der Waals surface area contributed by atoms with Gasteiger partial charge in [-0.25, -0.2) is 9.78 Å². The Hall–Kier alpha value is -2.30. The molecule has 0 spiro atoms. The van der Waals surface area contributed by atoms with E-state index in [4.69, 9.17) is 0 Å². The summed E-state index contributed by atoms with van der Waals surface area (Å²) in [5.74, 6) is 1.43. The summed E-state index contributed by atoms with van der Waals surface area (Å²) < 4.78 is 2.29. The molecule has 2 amide bonds. The van der Waals surface area contributed by atoms with E-state index in [1.54, 1.807) is 0 Å². The molecule has 1 fully saturated rings. The highest BCUT2D eigenvalue weighted by atomic mass is 16.2. The van der Waals surface area contributed by atoms with Gasteiger partial charge in [-0.3, -0.25) is 0 Å². The van der Waals surface area contributed by atoms with E-state index in [1.807, 2.05) is 11.1 Å². The first-order valence-electron chi connectivity index (χ1n) is 9.07. The summed E-state index contributed by atoms with van der Waals surface area (Å²) in [6.45, 7) is 10.6. The zero-order chi connectivity index (χ0) is 18.0. The second-order valence-corrected chi connectivity index (χ2v) is 7.30. The Morgan fingerprint density at radius 2 is 2.00 bits per heavy atom. The van der Waals surface area contributed by atoms with Crippen molar-refractivity contribution in [1.29, 1.82) is 0 Å². The van der Waals surface area contributed by atoms with Crippen molar-refractivity contribution < 1.29 is 4.79 Å². The Morgan fingerprint density at radius 1 is 1.28 bits per heavy atom. The monoisotopic (exact) mass is 340 g/mol. The van der Waals surface area contributed by atoms with Gasteiger partial charge in [-0.1, -0.05) is 29.8 Å². The Labute approximate surface area is 150 Å². The lowest BCUT2D eigenvalue weighted by Gasteiger charge is -2.19. The lowest BCUT2D eigenvalue weighted by Crippen LogP contribution is -2.38. The minimum Gasteiger partial charge on any atom is -0.334 e. The molecule has 0 bridgehead atoms. The molecule has 1 atom stereocenters. The molecule has 2 aromatic rings. The summed E-state index contributed by atoms with van der Waals surface area (Å²) in [5, 5.41) is 3.03. The van der Waals surface area contributed by atoms with Gasteiger partial charge in [-0.15, -0.1) is 0 Å². The summed E-state index contributed by atoms with van der Waals surface area (Å²) in [4.78, 5) is 19.0. The van der Waals surface area contributed by atoms with Gasteiger partial charge in [-0.05, 0) is 39.7 Å². The van der Waals surface area contributed by atoms with Gasteiger partial charge >= 0.3 is 6.03 Å². The first kappa shape index (κ1) is 17.5. The second-order valence-electron chi connectivity index (χ2n) is 7.30. The quantitative estimate of drug-likeness (QED) is 0.921. The molecule has 2 heterocycles. The molecule has 1 unspecified atom stereocenters. The van der Waals surface area contributed by atoms with Crippen molar-refractivity contribution in [3.8, 4) is 0 Å². The fourth-order valence-corrected chi connectivity index (χ4v) is 3.59. The lowest BCUT2D eigenvalue weighted by atomic mass is 10.1. The van der Waals surface area contributed by atoms with Gasteiger partial charge in [-0.2, -0.15) is 0 Å². The average molecular weight is 340 g/mol. The molecule has 0 radical (unpaired) electrons. The SMILES string of the molecule is Cc1ccc(CNC(=O)N2CCC(c3ncc(C)n3C(C)C)C2)cc1. The molecule has 0 saturated carbocycles. The van der Waals surface area contributed by atoms with Crippen molar-refractivity contribution in [3.05, 3.63) is 53.1 Å². The minimum atomic E-state index is 0.0162. The van der Waals surface area contributed by atoms with E-state index in [2.05, 4.69) is 66.8 Å². The highest BCUT2D eigenvalue weighted by Crippen LogP contribution is 2.29. The van der Waals surface area contributed by atoms with Crippen LogP contribution >= 0.6 is 0 Å². The van der Waals surface area contributed by atoms with Crippen molar-refractivity contribution in [2.45, 2.75) is 52.6 Å². The molecule has 1 aromatic carbocycles. The van der Waals surface area contributed by atoms with Crippen molar-refractivity contribution in [2.75, 3.05) is 13.1 Å². The number of hydrogen-bond acceptors (Lipinski definition) is 2. The highest BCUT2D eigenvalue weighted by molar-refractivity contribution is 5.74. The first-order valence-corrected chi connectivity index (χ1v) is 9.07. The van der Waals surface area contributed by atoms with Crippen LogP contribution in [-0.4, -0.2) is 33.6 Å². The van der Waals surface area contributed by atoms with Gasteiger partial charge in [0.1, 0.15) is 5.82 Å². The number of aromatic nitrogens is 2. The second kappa shape index (κ2) is 7.30. The van der Waals surface area contributed by atoms with Crippen LogP contribution in [0.2, 0.25) is 0 Å². The normalized spacial score (nSPS) is 17.3. The van der Waals surface area contributed by atoms with Crippen LogP contribution in [0.1, 0.15) is 54.9 Å². The summed E-state index contributed by atoms with van der Waals surface area (Å²) in [6.07, 6.45) is 2.91. The summed E-state index contributed by atoms with van der Waals surface area (Å²) in [5.41, 5.74) is 3.54. The van der Waals surface area contributed by atoms with Crippen molar-refractivity contribution >= 4 is 6.03 Å². The van der Waals surface area contributed by atoms with Crippen LogP contribution < -0.4 is 5.32 Å². The molecule has 0 aliphatic carbocycles.